The predicted molar refractivity (Wildman–Crippen MR) is 254 cm³/mol. The van der Waals surface area contributed by atoms with Crippen LogP contribution in [0.2, 0.25) is 0 Å². The molecule has 0 spiro atoms. The van der Waals surface area contributed by atoms with E-state index in [0.717, 1.165) is 104 Å². The van der Waals surface area contributed by atoms with Crippen molar-refractivity contribution in [3.8, 4) is 56.4 Å². The first-order valence-electron chi connectivity index (χ1n) is 20.8. The molecule has 0 aliphatic heterocycles. The minimum Gasteiger partial charge on any atom is -0.456 e. The normalized spacial score (nSPS) is 11.9. The van der Waals surface area contributed by atoms with Gasteiger partial charge < -0.3 is 8.83 Å². The molecule has 3 heterocycles. The van der Waals surface area contributed by atoms with Gasteiger partial charge in [-0.15, -0.1) is 0 Å². The Balaban J connectivity index is 1.04. The van der Waals surface area contributed by atoms with Gasteiger partial charge in [0.1, 0.15) is 22.3 Å². The van der Waals surface area contributed by atoms with Gasteiger partial charge in [-0.25, -0.2) is 15.0 Å². The van der Waals surface area contributed by atoms with Crippen molar-refractivity contribution >= 4 is 76.2 Å². The number of fused-ring (bicyclic) bond motifs is 9. The van der Waals surface area contributed by atoms with Crippen LogP contribution in [0.5, 0.6) is 0 Å². The molecule has 0 aliphatic rings. The van der Waals surface area contributed by atoms with Crippen molar-refractivity contribution in [3.05, 3.63) is 200 Å². The van der Waals surface area contributed by atoms with Gasteiger partial charge in [-0.1, -0.05) is 158 Å². The molecule has 0 bridgehead atoms. The Kier molecular flexibility index (Phi) is 7.54. The van der Waals surface area contributed by atoms with Crippen LogP contribution in [0.15, 0.2) is 209 Å². The number of aromatic nitrogens is 3. The number of hydrogen-bond acceptors (Lipinski definition) is 5. The molecule has 5 nitrogen and oxygen atoms in total. The number of nitrogens with zero attached hydrogens (tertiary/aromatic N) is 3. The van der Waals surface area contributed by atoms with E-state index in [1.54, 1.807) is 0 Å². The fourth-order valence-corrected chi connectivity index (χ4v) is 9.40. The molecule has 0 saturated carbocycles. The molecule has 10 aromatic carbocycles. The highest BCUT2D eigenvalue weighted by Gasteiger charge is 2.22. The molecular weight excluding hydrogens is 759 g/mol. The summed E-state index contributed by atoms with van der Waals surface area (Å²) >= 11 is 0. The van der Waals surface area contributed by atoms with E-state index in [1.165, 1.54) is 10.8 Å². The van der Waals surface area contributed by atoms with Gasteiger partial charge >= 0.3 is 0 Å². The van der Waals surface area contributed by atoms with Crippen molar-refractivity contribution in [3.63, 3.8) is 0 Å². The van der Waals surface area contributed by atoms with Crippen molar-refractivity contribution in [2.75, 3.05) is 0 Å². The monoisotopic (exact) mass is 791 g/mol. The third-order valence-corrected chi connectivity index (χ3v) is 12.3. The summed E-state index contributed by atoms with van der Waals surface area (Å²) in [6.07, 6.45) is 0. The van der Waals surface area contributed by atoms with Crippen LogP contribution < -0.4 is 0 Å². The Hall–Kier alpha value is -8.41. The first-order chi connectivity index (χ1) is 30.7. The zero-order valence-corrected chi connectivity index (χ0v) is 33.2. The summed E-state index contributed by atoms with van der Waals surface area (Å²) in [4.78, 5) is 15.8. The van der Waals surface area contributed by atoms with Crippen molar-refractivity contribution in [1.82, 2.24) is 15.0 Å². The van der Waals surface area contributed by atoms with Gasteiger partial charge in [0, 0.05) is 43.8 Å². The summed E-state index contributed by atoms with van der Waals surface area (Å²) in [6, 6.07) is 69.9. The number of rotatable bonds is 5. The summed E-state index contributed by atoms with van der Waals surface area (Å²) in [5.41, 5.74) is 10.4. The molecule has 0 radical (unpaired) electrons. The van der Waals surface area contributed by atoms with E-state index in [-0.39, 0.29) is 0 Å². The lowest BCUT2D eigenvalue weighted by Gasteiger charge is -2.15. The third kappa shape index (κ3) is 5.38. The Labute approximate surface area is 355 Å². The smallest absolute Gasteiger partial charge is 0.164 e. The van der Waals surface area contributed by atoms with E-state index >= 15 is 0 Å². The second-order valence-electron chi connectivity index (χ2n) is 15.9. The first kappa shape index (κ1) is 34.5. The summed E-state index contributed by atoms with van der Waals surface area (Å²) in [7, 11) is 0. The molecule has 5 heteroatoms. The largest absolute Gasteiger partial charge is 0.456 e. The van der Waals surface area contributed by atoms with Crippen LogP contribution in [0.1, 0.15) is 0 Å². The van der Waals surface area contributed by atoms with Gasteiger partial charge in [0.25, 0.3) is 0 Å². The standard InChI is InChI=1S/C57H33N3O2/c1-3-14-36-32-38(26-24-34(36)12-1)40-28-30-44(53-47-19-8-10-22-50(47)62-54(40)53)43-29-31-45(42-17-6-5-16-41(42)43)56-58-55(39-27-25-35-13-2-4-15-37(35)33-39)59-57(60-56)48-20-11-23-51-52(48)46-18-7-9-21-49(46)61-51/h1-33H. The van der Waals surface area contributed by atoms with Crippen molar-refractivity contribution in [2.45, 2.75) is 0 Å². The van der Waals surface area contributed by atoms with Gasteiger partial charge in [-0.3, -0.25) is 0 Å². The Morgan fingerprint density at radius 1 is 0.274 bits per heavy atom. The van der Waals surface area contributed by atoms with Gasteiger partial charge in [0.05, 0.1) is 0 Å². The number of benzene rings is 10. The molecular formula is C57H33N3O2. The van der Waals surface area contributed by atoms with Crippen molar-refractivity contribution < 1.29 is 8.83 Å². The molecule has 0 N–H and O–H groups in total. The maximum atomic E-state index is 6.77. The lowest BCUT2D eigenvalue weighted by atomic mass is 9.90. The van der Waals surface area contributed by atoms with E-state index in [9.17, 15) is 0 Å². The molecule has 13 aromatic rings. The molecule has 0 saturated heterocycles. The maximum Gasteiger partial charge on any atom is 0.164 e. The van der Waals surface area contributed by atoms with Crippen LogP contribution >= 0.6 is 0 Å². The zero-order valence-electron chi connectivity index (χ0n) is 33.2. The van der Waals surface area contributed by atoms with E-state index < -0.39 is 0 Å². The van der Waals surface area contributed by atoms with Gasteiger partial charge in [0.2, 0.25) is 0 Å². The molecule has 0 unspecified atom stereocenters. The van der Waals surface area contributed by atoms with Crippen LogP contribution in [-0.4, -0.2) is 15.0 Å². The maximum absolute atomic E-state index is 6.77. The molecule has 0 fully saturated rings. The Bertz CT molecular complexity index is 3950. The van der Waals surface area contributed by atoms with Crippen LogP contribution in [0.3, 0.4) is 0 Å². The first-order valence-corrected chi connectivity index (χ1v) is 20.8. The molecule has 3 aromatic heterocycles. The van der Waals surface area contributed by atoms with E-state index in [4.69, 9.17) is 23.8 Å². The highest BCUT2D eigenvalue weighted by molar-refractivity contribution is 6.19. The quantitative estimate of drug-likeness (QED) is 0.174. The fraction of sp³-hybridized carbons (Fsp3) is 0. The van der Waals surface area contributed by atoms with E-state index in [2.05, 4.69) is 164 Å². The number of para-hydroxylation sites is 2. The average molecular weight is 792 g/mol. The average Bonchev–Trinajstić information content (AvgIpc) is 3.92. The van der Waals surface area contributed by atoms with Crippen LogP contribution in [0, 0.1) is 0 Å². The fourth-order valence-electron chi connectivity index (χ4n) is 9.40. The van der Waals surface area contributed by atoms with Crippen LogP contribution in [0.25, 0.3) is 133 Å². The second kappa shape index (κ2) is 13.6. The summed E-state index contributed by atoms with van der Waals surface area (Å²) in [5, 5.41) is 11.0. The summed E-state index contributed by atoms with van der Waals surface area (Å²) in [5.74, 6) is 1.78. The van der Waals surface area contributed by atoms with Gasteiger partial charge in [0.15, 0.2) is 17.5 Å². The van der Waals surface area contributed by atoms with Crippen molar-refractivity contribution in [1.29, 1.82) is 0 Å². The van der Waals surface area contributed by atoms with Crippen molar-refractivity contribution in [2.24, 2.45) is 0 Å². The lowest BCUT2D eigenvalue weighted by molar-refractivity contribution is 0.669. The Morgan fingerprint density at radius 3 is 1.52 bits per heavy atom. The molecule has 288 valence electrons. The Morgan fingerprint density at radius 2 is 0.774 bits per heavy atom. The molecule has 13 rings (SSSR count). The molecule has 0 amide bonds. The highest BCUT2D eigenvalue weighted by atomic mass is 16.3. The summed E-state index contributed by atoms with van der Waals surface area (Å²) < 4.78 is 13.1. The molecule has 0 aliphatic carbocycles. The van der Waals surface area contributed by atoms with E-state index in [1.807, 2.05) is 36.4 Å². The van der Waals surface area contributed by atoms with E-state index in [0.29, 0.717) is 17.5 Å². The second-order valence-corrected chi connectivity index (χ2v) is 15.9. The highest BCUT2D eigenvalue weighted by Crippen LogP contribution is 2.45. The molecule has 0 atom stereocenters. The molecule has 62 heavy (non-hydrogen) atoms. The topological polar surface area (TPSA) is 65.0 Å². The lowest BCUT2D eigenvalue weighted by Crippen LogP contribution is -2.01. The predicted octanol–water partition coefficient (Wildman–Crippen LogP) is 15.5. The number of hydrogen-bond donors (Lipinski definition) is 0. The summed E-state index contributed by atoms with van der Waals surface area (Å²) in [6.45, 7) is 0. The number of furan rings is 2. The zero-order chi connectivity index (χ0) is 40.7. The van der Waals surface area contributed by atoms with Gasteiger partial charge in [-0.2, -0.15) is 0 Å². The third-order valence-electron chi connectivity index (χ3n) is 12.3. The van der Waals surface area contributed by atoms with Gasteiger partial charge in [-0.05, 0) is 91.5 Å². The minimum atomic E-state index is 0.583. The minimum absolute atomic E-state index is 0.583. The van der Waals surface area contributed by atoms with Crippen LogP contribution in [0.4, 0.5) is 0 Å². The van der Waals surface area contributed by atoms with Crippen LogP contribution in [-0.2, 0) is 0 Å². The SMILES string of the molecule is c1ccc2cc(-c3nc(-c4ccc(-c5ccc(-c6ccc7ccccc7c6)c6oc7ccccc7c56)c5ccccc45)nc(-c4cccc5oc6ccccc6c45)n3)ccc2c1.